The highest BCUT2D eigenvalue weighted by molar-refractivity contribution is 5.42. The van der Waals surface area contributed by atoms with Crippen LogP contribution in [0.1, 0.15) is 5.56 Å². The zero-order valence-electron chi connectivity index (χ0n) is 8.61. The number of nitrogens with one attached hydrogen (secondary N) is 1. The summed E-state index contributed by atoms with van der Waals surface area (Å²) in [7, 11) is 0. The Hall–Kier alpha value is -1.26. The van der Waals surface area contributed by atoms with Crippen molar-refractivity contribution in [3.63, 3.8) is 0 Å². The smallest absolute Gasteiger partial charge is 0.123 e. The van der Waals surface area contributed by atoms with E-state index >= 15 is 0 Å². The van der Waals surface area contributed by atoms with Gasteiger partial charge in [-0.15, -0.1) is 0 Å². The Bertz CT molecular complexity index is 315. The number of phenols is 2. The molecule has 1 aromatic carbocycles. The normalized spacial score (nSPS) is 17.9. The van der Waals surface area contributed by atoms with Crippen LogP contribution >= 0.6 is 0 Å². The van der Waals surface area contributed by atoms with Crippen molar-refractivity contribution in [1.82, 2.24) is 10.2 Å². The van der Waals surface area contributed by atoms with Crippen molar-refractivity contribution in [2.75, 3.05) is 26.2 Å². The molecule has 3 N–H and O–H groups in total. The van der Waals surface area contributed by atoms with Crippen LogP contribution in [0.4, 0.5) is 0 Å². The predicted octanol–water partition coefficient (Wildman–Crippen LogP) is 0.503. The largest absolute Gasteiger partial charge is 0.507 e. The maximum Gasteiger partial charge on any atom is 0.123 e. The monoisotopic (exact) mass is 208 g/mol. The second-order valence-corrected chi connectivity index (χ2v) is 3.80. The number of nitrogens with zero attached hydrogens (tertiary/aromatic N) is 1. The Morgan fingerprint density at radius 1 is 1.13 bits per heavy atom. The average Bonchev–Trinajstić information content (AvgIpc) is 2.25. The maximum absolute atomic E-state index is 9.62. The van der Waals surface area contributed by atoms with Gasteiger partial charge in [-0.3, -0.25) is 4.90 Å². The van der Waals surface area contributed by atoms with Crippen molar-refractivity contribution in [2.45, 2.75) is 6.54 Å². The van der Waals surface area contributed by atoms with Gasteiger partial charge in [0.2, 0.25) is 0 Å². The Balaban J connectivity index is 2.09. The quantitative estimate of drug-likeness (QED) is 0.662. The number of hydrogen-bond donors (Lipinski definition) is 3. The molecule has 0 amide bonds. The van der Waals surface area contributed by atoms with Gasteiger partial charge in [0.25, 0.3) is 0 Å². The summed E-state index contributed by atoms with van der Waals surface area (Å²) in [4.78, 5) is 2.21. The molecule has 0 radical (unpaired) electrons. The van der Waals surface area contributed by atoms with Crippen LogP contribution in [0.3, 0.4) is 0 Å². The van der Waals surface area contributed by atoms with Crippen LogP contribution in [0.25, 0.3) is 0 Å². The maximum atomic E-state index is 9.62. The fourth-order valence-electron chi connectivity index (χ4n) is 1.82. The minimum absolute atomic E-state index is 0.175. The van der Waals surface area contributed by atoms with Crippen molar-refractivity contribution >= 4 is 0 Å². The molecule has 4 nitrogen and oxygen atoms in total. The van der Waals surface area contributed by atoms with Crippen LogP contribution in [0.2, 0.25) is 0 Å². The lowest BCUT2D eigenvalue weighted by Crippen LogP contribution is -2.42. The average molecular weight is 208 g/mol. The summed E-state index contributed by atoms with van der Waals surface area (Å²) in [6, 6.07) is 4.86. The molecule has 1 heterocycles. The highest BCUT2D eigenvalue weighted by atomic mass is 16.3. The molecule has 1 fully saturated rings. The number of aromatic hydroxyl groups is 2. The third kappa shape index (κ3) is 2.40. The lowest BCUT2D eigenvalue weighted by molar-refractivity contribution is 0.227. The highest BCUT2D eigenvalue weighted by Gasteiger charge is 2.14. The zero-order chi connectivity index (χ0) is 10.7. The van der Waals surface area contributed by atoms with E-state index in [0.717, 1.165) is 26.2 Å². The fourth-order valence-corrected chi connectivity index (χ4v) is 1.82. The Kier molecular flexibility index (Phi) is 3.08. The summed E-state index contributed by atoms with van der Waals surface area (Å²) in [5, 5.41) is 22.5. The van der Waals surface area contributed by atoms with Crippen molar-refractivity contribution in [1.29, 1.82) is 0 Å². The van der Waals surface area contributed by atoms with Crippen molar-refractivity contribution in [3.05, 3.63) is 23.8 Å². The molecule has 0 aliphatic carbocycles. The first-order valence-electron chi connectivity index (χ1n) is 5.20. The molecule has 1 saturated heterocycles. The number of phenolic OH excluding ortho intramolecular Hbond substituents is 2. The van der Waals surface area contributed by atoms with Gasteiger partial charge >= 0.3 is 0 Å². The molecule has 15 heavy (non-hydrogen) atoms. The Labute approximate surface area is 89.1 Å². The SMILES string of the molecule is Oc1cccc(O)c1CN1CCNCC1. The van der Waals surface area contributed by atoms with E-state index in [2.05, 4.69) is 10.2 Å². The molecule has 0 aromatic heterocycles. The Morgan fingerprint density at radius 2 is 1.73 bits per heavy atom. The number of rotatable bonds is 2. The molecule has 82 valence electrons. The third-order valence-electron chi connectivity index (χ3n) is 2.72. The standard InChI is InChI=1S/C11H16N2O2/c14-10-2-1-3-11(15)9(10)8-13-6-4-12-5-7-13/h1-3,12,14-15H,4-8H2. The first-order valence-corrected chi connectivity index (χ1v) is 5.20. The summed E-state index contributed by atoms with van der Waals surface area (Å²) >= 11 is 0. The first-order chi connectivity index (χ1) is 7.27. The number of piperazine rings is 1. The number of hydrogen-bond acceptors (Lipinski definition) is 4. The molecule has 0 unspecified atom stereocenters. The third-order valence-corrected chi connectivity index (χ3v) is 2.72. The minimum atomic E-state index is 0.175. The van der Waals surface area contributed by atoms with Gasteiger partial charge in [0.15, 0.2) is 0 Å². The van der Waals surface area contributed by atoms with Crippen LogP contribution in [0.5, 0.6) is 11.5 Å². The Morgan fingerprint density at radius 3 is 2.33 bits per heavy atom. The van der Waals surface area contributed by atoms with Crippen molar-refractivity contribution in [2.24, 2.45) is 0 Å². The molecular weight excluding hydrogens is 192 g/mol. The van der Waals surface area contributed by atoms with Crippen LogP contribution in [0, 0.1) is 0 Å². The summed E-state index contributed by atoms with van der Waals surface area (Å²) in [5.74, 6) is 0.349. The van der Waals surface area contributed by atoms with Gasteiger partial charge in [-0.05, 0) is 12.1 Å². The molecule has 1 aliphatic rings. The van der Waals surface area contributed by atoms with Crippen LogP contribution in [-0.2, 0) is 6.54 Å². The zero-order valence-corrected chi connectivity index (χ0v) is 8.61. The van der Waals surface area contributed by atoms with Gasteiger partial charge in [0.05, 0.1) is 0 Å². The topological polar surface area (TPSA) is 55.7 Å². The lowest BCUT2D eigenvalue weighted by Gasteiger charge is -2.27. The van der Waals surface area contributed by atoms with Crippen molar-refractivity contribution < 1.29 is 10.2 Å². The van der Waals surface area contributed by atoms with Gasteiger partial charge < -0.3 is 15.5 Å². The molecular formula is C11H16N2O2. The molecule has 2 rings (SSSR count). The summed E-state index contributed by atoms with van der Waals surface area (Å²) in [6.07, 6.45) is 0. The van der Waals surface area contributed by atoms with Gasteiger partial charge in [0, 0.05) is 38.3 Å². The molecule has 0 spiro atoms. The minimum Gasteiger partial charge on any atom is -0.507 e. The van der Waals surface area contributed by atoms with Gasteiger partial charge in [-0.1, -0.05) is 6.07 Å². The van der Waals surface area contributed by atoms with E-state index in [4.69, 9.17) is 0 Å². The van der Waals surface area contributed by atoms with E-state index in [1.54, 1.807) is 18.2 Å². The molecule has 4 heteroatoms. The molecule has 0 atom stereocenters. The van der Waals surface area contributed by atoms with E-state index < -0.39 is 0 Å². The van der Waals surface area contributed by atoms with E-state index in [-0.39, 0.29) is 11.5 Å². The highest BCUT2D eigenvalue weighted by Crippen LogP contribution is 2.27. The molecule has 0 saturated carbocycles. The van der Waals surface area contributed by atoms with E-state index in [1.165, 1.54) is 0 Å². The predicted molar refractivity (Wildman–Crippen MR) is 57.9 cm³/mol. The fraction of sp³-hybridized carbons (Fsp3) is 0.455. The second kappa shape index (κ2) is 4.51. The van der Waals surface area contributed by atoms with Gasteiger partial charge in [0.1, 0.15) is 11.5 Å². The van der Waals surface area contributed by atoms with Crippen LogP contribution in [0.15, 0.2) is 18.2 Å². The van der Waals surface area contributed by atoms with E-state index in [9.17, 15) is 10.2 Å². The van der Waals surface area contributed by atoms with Crippen molar-refractivity contribution in [3.8, 4) is 11.5 Å². The summed E-state index contributed by atoms with van der Waals surface area (Å²) < 4.78 is 0. The van der Waals surface area contributed by atoms with E-state index in [0.29, 0.717) is 12.1 Å². The van der Waals surface area contributed by atoms with Gasteiger partial charge in [-0.2, -0.15) is 0 Å². The van der Waals surface area contributed by atoms with Crippen LogP contribution < -0.4 is 5.32 Å². The lowest BCUT2D eigenvalue weighted by atomic mass is 10.1. The first kappa shape index (κ1) is 10.3. The summed E-state index contributed by atoms with van der Waals surface area (Å²) in [5.41, 5.74) is 0.624. The summed E-state index contributed by atoms with van der Waals surface area (Å²) in [6.45, 7) is 4.45. The van der Waals surface area contributed by atoms with Crippen LogP contribution in [-0.4, -0.2) is 41.3 Å². The van der Waals surface area contributed by atoms with E-state index in [1.807, 2.05) is 0 Å². The molecule has 0 bridgehead atoms. The molecule has 1 aromatic rings. The number of benzene rings is 1. The molecule has 1 aliphatic heterocycles. The van der Waals surface area contributed by atoms with Gasteiger partial charge in [-0.25, -0.2) is 0 Å². The second-order valence-electron chi connectivity index (χ2n) is 3.80.